The van der Waals surface area contributed by atoms with Crippen LogP contribution in [0.25, 0.3) is 0 Å². The first-order valence-electron chi connectivity index (χ1n) is 8.15. The SMILES string of the molecule is COc1cc(C(=O)NCCCCCCCC(=O)O)cc(C=O)c1C=O. The number of amides is 1. The second-order valence-electron chi connectivity index (χ2n) is 5.58. The van der Waals surface area contributed by atoms with Crippen LogP contribution in [0.5, 0.6) is 5.75 Å². The van der Waals surface area contributed by atoms with E-state index < -0.39 is 5.97 Å². The summed E-state index contributed by atoms with van der Waals surface area (Å²) in [6, 6.07) is 2.79. The molecule has 7 heteroatoms. The maximum Gasteiger partial charge on any atom is 0.303 e. The summed E-state index contributed by atoms with van der Waals surface area (Å²) in [5.41, 5.74) is 0.486. The molecule has 0 atom stereocenters. The molecule has 0 aliphatic rings. The van der Waals surface area contributed by atoms with Crippen molar-refractivity contribution in [1.29, 1.82) is 0 Å². The number of rotatable bonds is 12. The van der Waals surface area contributed by atoms with Crippen LogP contribution in [0.2, 0.25) is 0 Å². The molecule has 0 heterocycles. The molecule has 136 valence electrons. The molecule has 0 aliphatic carbocycles. The van der Waals surface area contributed by atoms with Gasteiger partial charge in [0.15, 0.2) is 12.6 Å². The van der Waals surface area contributed by atoms with Crippen LogP contribution in [0, 0.1) is 0 Å². The quantitative estimate of drug-likeness (QED) is 0.443. The highest BCUT2D eigenvalue weighted by molar-refractivity contribution is 6.00. The molecule has 0 spiro atoms. The van der Waals surface area contributed by atoms with Crippen LogP contribution in [0.15, 0.2) is 12.1 Å². The fourth-order valence-corrected chi connectivity index (χ4v) is 2.41. The molecule has 0 fully saturated rings. The van der Waals surface area contributed by atoms with Crippen LogP contribution in [0.4, 0.5) is 0 Å². The molecule has 0 unspecified atom stereocenters. The standard InChI is InChI=1S/C18H23NO6/c1-25-16-10-13(9-14(11-20)15(16)12-21)18(24)19-8-6-4-2-3-5-7-17(22)23/h9-12H,2-8H2,1H3,(H,19,24)(H,22,23). The second-order valence-corrected chi connectivity index (χ2v) is 5.58. The highest BCUT2D eigenvalue weighted by Crippen LogP contribution is 2.22. The Kier molecular flexibility index (Phi) is 8.92. The molecule has 1 aromatic carbocycles. The molecule has 1 amide bonds. The van der Waals surface area contributed by atoms with E-state index in [0.717, 1.165) is 25.7 Å². The van der Waals surface area contributed by atoms with Crippen molar-refractivity contribution in [2.24, 2.45) is 0 Å². The van der Waals surface area contributed by atoms with E-state index in [1.165, 1.54) is 19.2 Å². The van der Waals surface area contributed by atoms with Crippen molar-refractivity contribution in [3.63, 3.8) is 0 Å². The summed E-state index contributed by atoms with van der Waals surface area (Å²) in [6.45, 7) is 0.478. The number of carboxylic acid groups (broad SMARTS) is 1. The minimum atomic E-state index is -0.780. The van der Waals surface area contributed by atoms with Crippen molar-refractivity contribution in [1.82, 2.24) is 5.32 Å². The van der Waals surface area contributed by atoms with Crippen molar-refractivity contribution in [3.05, 3.63) is 28.8 Å². The molecule has 1 rings (SSSR count). The predicted molar refractivity (Wildman–Crippen MR) is 91.4 cm³/mol. The highest BCUT2D eigenvalue weighted by atomic mass is 16.5. The van der Waals surface area contributed by atoms with Gasteiger partial charge in [-0.2, -0.15) is 0 Å². The summed E-state index contributed by atoms with van der Waals surface area (Å²) in [7, 11) is 1.36. The number of ether oxygens (including phenoxy) is 1. The Labute approximate surface area is 146 Å². The van der Waals surface area contributed by atoms with Crippen LogP contribution in [0.1, 0.15) is 69.6 Å². The normalized spacial score (nSPS) is 10.1. The minimum absolute atomic E-state index is 0.109. The van der Waals surface area contributed by atoms with E-state index in [0.29, 0.717) is 25.5 Å². The minimum Gasteiger partial charge on any atom is -0.496 e. The van der Waals surface area contributed by atoms with Crippen LogP contribution in [-0.2, 0) is 4.79 Å². The molecular weight excluding hydrogens is 326 g/mol. The van der Waals surface area contributed by atoms with E-state index in [4.69, 9.17) is 9.84 Å². The molecule has 0 aromatic heterocycles. The largest absolute Gasteiger partial charge is 0.496 e. The first kappa shape index (κ1) is 20.3. The Morgan fingerprint density at radius 3 is 2.36 bits per heavy atom. The molecule has 0 radical (unpaired) electrons. The molecule has 0 bridgehead atoms. The van der Waals surface area contributed by atoms with Gasteiger partial charge in [0.2, 0.25) is 0 Å². The van der Waals surface area contributed by atoms with Crippen molar-refractivity contribution in [2.45, 2.75) is 38.5 Å². The van der Waals surface area contributed by atoms with Crippen LogP contribution in [0.3, 0.4) is 0 Å². The fraction of sp³-hybridized carbons (Fsp3) is 0.444. The van der Waals surface area contributed by atoms with Gasteiger partial charge in [0.1, 0.15) is 5.75 Å². The number of unbranched alkanes of at least 4 members (excludes halogenated alkanes) is 4. The third-order valence-electron chi connectivity index (χ3n) is 3.75. The van der Waals surface area contributed by atoms with Gasteiger partial charge in [-0.15, -0.1) is 0 Å². The van der Waals surface area contributed by atoms with Gasteiger partial charge in [-0.1, -0.05) is 19.3 Å². The van der Waals surface area contributed by atoms with Gasteiger partial charge in [0.05, 0.1) is 12.7 Å². The number of carbonyl (C=O) groups is 4. The van der Waals surface area contributed by atoms with Gasteiger partial charge in [0.25, 0.3) is 5.91 Å². The zero-order valence-corrected chi connectivity index (χ0v) is 14.2. The van der Waals surface area contributed by atoms with Gasteiger partial charge in [-0.05, 0) is 25.0 Å². The maximum absolute atomic E-state index is 12.2. The van der Waals surface area contributed by atoms with E-state index in [1.54, 1.807) is 0 Å². The number of carboxylic acids is 1. The van der Waals surface area contributed by atoms with Crippen molar-refractivity contribution in [3.8, 4) is 5.75 Å². The first-order chi connectivity index (χ1) is 12.0. The van der Waals surface area contributed by atoms with Crippen LogP contribution >= 0.6 is 0 Å². The lowest BCUT2D eigenvalue weighted by Crippen LogP contribution is -2.24. The lowest BCUT2D eigenvalue weighted by Gasteiger charge is -2.10. The number of methoxy groups -OCH3 is 1. The Morgan fingerprint density at radius 2 is 1.76 bits per heavy atom. The summed E-state index contributed by atoms with van der Waals surface area (Å²) in [5.74, 6) is -0.939. The first-order valence-corrected chi connectivity index (χ1v) is 8.15. The van der Waals surface area contributed by atoms with E-state index >= 15 is 0 Å². The zero-order valence-electron chi connectivity index (χ0n) is 14.2. The van der Waals surface area contributed by atoms with Crippen LogP contribution < -0.4 is 10.1 Å². The van der Waals surface area contributed by atoms with E-state index in [-0.39, 0.29) is 34.8 Å². The third kappa shape index (κ3) is 6.74. The molecular formula is C18H23NO6. The number of aliphatic carboxylic acids is 1. The molecule has 0 aliphatic heterocycles. The number of aldehydes is 2. The maximum atomic E-state index is 12.2. The van der Waals surface area contributed by atoms with Crippen molar-refractivity contribution in [2.75, 3.05) is 13.7 Å². The number of hydrogen-bond acceptors (Lipinski definition) is 5. The predicted octanol–water partition coefficient (Wildman–Crippen LogP) is 2.48. The van der Waals surface area contributed by atoms with E-state index in [2.05, 4.69) is 5.32 Å². The van der Waals surface area contributed by atoms with E-state index in [1.807, 2.05) is 0 Å². The molecule has 25 heavy (non-hydrogen) atoms. The van der Waals surface area contributed by atoms with Gasteiger partial charge >= 0.3 is 5.97 Å². The van der Waals surface area contributed by atoms with Crippen molar-refractivity contribution < 1.29 is 29.0 Å². The fourth-order valence-electron chi connectivity index (χ4n) is 2.41. The number of benzene rings is 1. The second kappa shape index (κ2) is 11.0. The summed E-state index contributed by atoms with van der Waals surface area (Å²) >= 11 is 0. The summed E-state index contributed by atoms with van der Waals surface area (Å²) in [5, 5.41) is 11.3. The van der Waals surface area contributed by atoms with Gasteiger partial charge in [-0.25, -0.2) is 0 Å². The average Bonchev–Trinajstić information content (AvgIpc) is 2.61. The van der Waals surface area contributed by atoms with Gasteiger partial charge in [-0.3, -0.25) is 19.2 Å². The summed E-state index contributed by atoms with van der Waals surface area (Å²) in [4.78, 5) is 44.6. The molecule has 0 saturated carbocycles. The smallest absolute Gasteiger partial charge is 0.303 e. The Balaban J connectivity index is 2.46. The Morgan fingerprint density at radius 1 is 1.08 bits per heavy atom. The lowest BCUT2D eigenvalue weighted by molar-refractivity contribution is -0.137. The summed E-state index contributed by atoms with van der Waals surface area (Å²) < 4.78 is 5.05. The Hall–Kier alpha value is -2.70. The number of hydrogen-bond donors (Lipinski definition) is 2. The lowest BCUT2D eigenvalue weighted by atomic mass is 10.0. The zero-order chi connectivity index (χ0) is 18.7. The van der Waals surface area contributed by atoms with Crippen molar-refractivity contribution >= 4 is 24.4 Å². The van der Waals surface area contributed by atoms with Crippen LogP contribution in [-0.4, -0.2) is 43.2 Å². The van der Waals surface area contributed by atoms with E-state index in [9.17, 15) is 19.2 Å². The topological polar surface area (TPSA) is 110 Å². The highest BCUT2D eigenvalue weighted by Gasteiger charge is 2.14. The molecule has 2 N–H and O–H groups in total. The van der Waals surface area contributed by atoms with Gasteiger partial charge in [0, 0.05) is 24.1 Å². The molecule has 0 saturated heterocycles. The number of carbonyl (C=O) groups excluding carboxylic acids is 3. The average molecular weight is 349 g/mol. The third-order valence-corrected chi connectivity index (χ3v) is 3.75. The van der Waals surface area contributed by atoms with Gasteiger partial charge < -0.3 is 15.2 Å². The monoisotopic (exact) mass is 349 g/mol. The molecule has 7 nitrogen and oxygen atoms in total. The Bertz CT molecular complexity index is 626. The number of nitrogens with one attached hydrogen (secondary N) is 1. The molecule has 1 aromatic rings. The summed E-state index contributed by atoms with van der Waals surface area (Å²) in [6.07, 6.45) is 5.34.